The van der Waals surface area contributed by atoms with E-state index in [9.17, 15) is 9.90 Å². The Morgan fingerprint density at radius 2 is 2.13 bits per heavy atom. The Labute approximate surface area is 134 Å². The molecule has 0 aliphatic rings. The zero-order chi connectivity index (χ0) is 16.4. The Hall–Kier alpha value is -2.60. The van der Waals surface area contributed by atoms with E-state index in [0.29, 0.717) is 6.42 Å². The van der Waals surface area contributed by atoms with E-state index in [1.165, 1.54) is 33.6 Å². The Morgan fingerprint density at radius 3 is 2.87 bits per heavy atom. The topological polar surface area (TPSA) is 86.1 Å². The summed E-state index contributed by atoms with van der Waals surface area (Å²) in [6, 6.07) is 8.30. The molecule has 23 heavy (non-hydrogen) atoms. The summed E-state index contributed by atoms with van der Waals surface area (Å²) in [6.07, 6.45) is 5.71. The number of benzene rings is 1. The number of fused-ring (bicyclic) bond motifs is 1. The summed E-state index contributed by atoms with van der Waals surface area (Å²) in [4.78, 5) is 14.9. The van der Waals surface area contributed by atoms with Crippen LogP contribution < -0.4 is 5.73 Å². The van der Waals surface area contributed by atoms with Gasteiger partial charge in [0, 0.05) is 29.8 Å². The highest BCUT2D eigenvalue weighted by molar-refractivity contribution is 5.90. The SMILES string of the molecule is Cc1cn(CCC[C@@H](O)n2cnc(C(N)=O)c2)c2ccccc12. The van der Waals surface area contributed by atoms with Gasteiger partial charge in [-0.15, -0.1) is 0 Å². The van der Waals surface area contributed by atoms with E-state index in [-0.39, 0.29) is 5.69 Å². The summed E-state index contributed by atoms with van der Waals surface area (Å²) in [6.45, 7) is 2.92. The van der Waals surface area contributed by atoms with Crippen LogP contribution in [0.15, 0.2) is 43.0 Å². The van der Waals surface area contributed by atoms with Crippen LogP contribution in [0.3, 0.4) is 0 Å². The van der Waals surface area contributed by atoms with E-state index in [1.54, 1.807) is 0 Å². The number of carbonyl (C=O) groups excluding carboxylic acids is 1. The minimum atomic E-state index is -0.710. The number of aliphatic hydroxyl groups is 1. The van der Waals surface area contributed by atoms with Crippen LogP contribution in [-0.4, -0.2) is 25.1 Å². The molecule has 3 aromatic rings. The molecule has 0 bridgehead atoms. The maximum Gasteiger partial charge on any atom is 0.268 e. The van der Waals surface area contributed by atoms with Gasteiger partial charge in [0.05, 0.1) is 6.33 Å². The van der Waals surface area contributed by atoms with Crippen LogP contribution in [0.4, 0.5) is 0 Å². The smallest absolute Gasteiger partial charge is 0.268 e. The van der Waals surface area contributed by atoms with Gasteiger partial charge < -0.3 is 20.0 Å². The first-order valence-corrected chi connectivity index (χ1v) is 7.62. The Bertz CT molecular complexity index is 834. The van der Waals surface area contributed by atoms with Crippen LogP contribution in [0.1, 0.15) is 35.1 Å². The summed E-state index contributed by atoms with van der Waals surface area (Å²) in [7, 11) is 0. The average Bonchev–Trinajstić information content (AvgIpc) is 3.14. The van der Waals surface area contributed by atoms with E-state index in [1.807, 2.05) is 12.1 Å². The largest absolute Gasteiger partial charge is 0.373 e. The molecule has 6 heteroatoms. The number of carbonyl (C=O) groups is 1. The molecule has 0 radical (unpaired) electrons. The molecule has 1 aromatic carbocycles. The zero-order valence-electron chi connectivity index (χ0n) is 13.0. The molecular formula is C17H20N4O2. The van der Waals surface area contributed by atoms with Crippen LogP contribution in [0.2, 0.25) is 0 Å². The third kappa shape index (κ3) is 3.12. The molecule has 1 atom stereocenters. The van der Waals surface area contributed by atoms with E-state index < -0.39 is 12.1 Å². The van der Waals surface area contributed by atoms with Crippen LogP contribution in [0.25, 0.3) is 10.9 Å². The maximum absolute atomic E-state index is 11.0. The van der Waals surface area contributed by atoms with Crippen LogP contribution in [0, 0.1) is 6.92 Å². The number of hydrogen-bond acceptors (Lipinski definition) is 3. The summed E-state index contributed by atoms with van der Waals surface area (Å²) < 4.78 is 3.72. The highest BCUT2D eigenvalue weighted by atomic mass is 16.3. The fourth-order valence-electron chi connectivity index (χ4n) is 2.84. The maximum atomic E-state index is 11.0. The van der Waals surface area contributed by atoms with Gasteiger partial charge in [-0.2, -0.15) is 0 Å². The zero-order valence-corrected chi connectivity index (χ0v) is 13.0. The Kier molecular flexibility index (Phi) is 4.16. The predicted octanol–water partition coefficient (Wildman–Crippen LogP) is 2.22. The third-order valence-electron chi connectivity index (χ3n) is 4.05. The molecule has 120 valence electrons. The second kappa shape index (κ2) is 6.26. The number of primary amides is 1. The van der Waals surface area contributed by atoms with Crippen molar-refractivity contribution < 1.29 is 9.90 Å². The molecule has 2 aromatic heterocycles. The lowest BCUT2D eigenvalue weighted by Crippen LogP contribution is -2.12. The minimum Gasteiger partial charge on any atom is -0.373 e. The first-order valence-electron chi connectivity index (χ1n) is 7.62. The van der Waals surface area contributed by atoms with E-state index in [4.69, 9.17) is 5.73 Å². The number of para-hydroxylation sites is 1. The van der Waals surface area contributed by atoms with Crippen molar-refractivity contribution in [1.29, 1.82) is 0 Å². The van der Waals surface area contributed by atoms with Crippen LogP contribution >= 0.6 is 0 Å². The monoisotopic (exact) mass is 312 g/mol. The third-order valence-corrected chi connectivity index (χ3v) is 4.05. The summed E-state index contributed by atoms with van der Waals surface area (Å²) in [5, 5.41) is 11.4. The number of aryl methyl sites for hydroxylation is 2. The Balaban J connectivity index is 1.63. The van der Waals surface area contributed by atoms with Gasteiger partial charge in [0.2, 0.25) is 0 Å². The molecule has 0 fully saturated rings. The van der Waals surface area contributed by atoms with Crippen molar-refractivity contribution in [2.75, 3.05) is 0 Å². The van der Waals surface area contributed by atoms with Crippen molar-refractivity contribution in [3.63, 3.8) is 0 Å². The number of amides is 1. The summed E-state index contributed by atoms with van der Waals surface area (Å²) in [5.41, 5.74) is 7.78. The van der Waals surface area contributed by atoms with Crippen LogP contribution in [0.5, 0.6) is 0 Å². The van der Waals surface area contributed by atoms with Crippen molar-refractivity contribution in [2.45, 2.75) is 32.5 Å². The first-order chi connectivity index (χ1) is 11.1. The van der Waals surface area contributed by atoms with Gasteiger partial charge in [-0.3, -0.25) is 4.79 Å². The van der Waals surface area contributed by atoms with Crippen molar-refractivity contribution in [1.82, 2.24) is 14.1 Å². The lowest BCUT2D eigenvalue weighted by Gasteiger charge is -2.12. The first kappa shape index (κ1) is 15.3. The molecule has 0 unspecified atom stereocenters. The number of hydrogen-bond donors (Lipinski definition) is 2. The van der Waals surface area contributed by atoms with Gasteiger partial charge in [0.25, 0.3) is 5.91 Å². The molecule has 1 amide bonds. The molecule has 0 aliphatic carbocycles. The van der Waals surface area contributed by atoms with Gasteiger partial charge in [-0.05, 0) is 31.4 Å². The normalized spacial score (nSPS) is 12.6. The standard InChI is InChI=1S/C17H20N4O2/c1-12-9-20(15-6-3-2-5-13(12)15)8-4-7-16(22)21-10-14(17(18)23)19-11-21/h2-3,5-6,9-11,16,22H,4,7-8H2,1H3,(H2,18,23)/t16-/m1/s1. The molecule has 0 saturated heterocycles. The second-order valence-electron chi connectivity index (χ2n) is 5.72. The van der Waals surface area contributed by atoms with Gasteiger partial charge in [-0.25, -0.2) is 4.98 Å². The Morgan fingerprint density at radius 1 is 1.35 bits per heavy atom. The molecule has 3 N–H and O–H groups in total. The van der Waals surface area contributed by atoms with Crippen molar-refractivity contribution in [2.24, 2.45) is 5.73 Å². The molecule has 0 spiro atoms. The molecule has 3 rings (SSSR count). The van der Waals surface area contributed by atoms with E-state index in [0.717, 1.165) is 13.0 Å². The van der Waals surface area contributed by atoms with E-state index >= 15 is 0 Å². The molecule has 0 aliphatic heterocycles. The molecule has 0 saturated carbocycles. The average molecular weight is 312 g/mol. The number of nitrogens with two attached hydrogens (primary N) is 1. The molecule has 2 heterocycles. The van der Waals surface area contributed by atoms with Crippen molar-refractivity contribution in [3.8, 4) is 0 Å². The summed E-state index contributed by atoms with van der Waals surface area (Å²) in [5.74, 6) is -0.592. The minimum absolute atomic E-state index is 0.163. The lowest BCUT2D eigenvalue weighted by atomic mass is 10.2. The number of imidazole rings is 1. The predicted molar refractivity (Wildman–Crippen MR) is 87.9 cm³/mol. The van der Waals surface area contributed by atoms with Gasteiger partial charge >= 0.3 is 0 Å². The highest BCUT2D eigenvalue weighted by Crippen LogP contribution is 2.21. The van der Waals surface area contributed by atoms with E-state index in [2.05, 4.69) is 34.8 Å². The molecular weight excluding hydrogens is 292 g/mol. The number of rotatable bonds is 6. The number of nitrogens with zero attached hydrogens (tertiary/aromatic N) is 3. The van der Waals surface area contributed by atoms with Crippen molar-refractivity contribution >= 4 is 16.8 Å². The molecule has 6 nitrogen and oxygen atoms in total. The van der Waals surface area contributed by atoms with Gasteiger partial charge in [0.1, 0.15) is 11.9 Å². The fourth-order valence-corrected chi connectivity index (χ4v) is 2.84. The fraction of sp³-hybridized carbons (Fsp3) is 0.294. The van der Waals surface area contributed by atoms with Crippen LogP contribution in [-0.2, 0) is 6.54 Å². The highest BCUT2D eigenvalue weighted by Gasteiger charge is 2.11. The quantitative estimate of drug-likeness (QED) is 0.731. The second-order valence-corrected chi connectivity index (χ2v) is 5.72. The van der Waals surface area contributed by atoms with Crippen molar-refractivity contribution in [3.05, 3.63) is 54.2 Å². The van der Waals surface area contributed by atoms with Gasteiger partial charge in [0.15, 0.2) is 0 Å². The number of aliphatic hydroxyl groups excluding tert-OH is 1. The lowest BCUT2D eigenvalue weighted by molar-refractivity contribution is 0.0905. The summed E-state index contributed by atoms with van der Waals surface area (Å²) >= 11 is 0. The number of aromatic nitrogens is 3. The van der Waals surface area contributed by atoms with Gasteiger partial charge in [-0.1, -0.05) is 18.2 Å².